The van der Waals surface area contributed by atoms with E-state index in [2.05, 4.69) is 18.4 Å². The van der Waals surface area contributed by atoms with Gasteiger partial charge in [0.1, 0.15) is 5.75 Å². The average Bonchev–Trinajstić information content (AvgIpc) is 2.83. The highest BCUT2D eigenvalue weighted by atomic mass is 19.2. The Balaban J connectivity index is 1.35. The van der Waals surface area contributed by atoms with Crippen LogP contribution in [0.15, 0.2) is 67.3 Å². The zero-order valence-electron chi connectivity index (χ0n) is 18.5. The lowest BCUT2D eigenvalue weighted by atomic mass is 9.80. The summed E-state index contributed by atoms with van der Waals surface area (Å²) in [7, 11) is 0. The molecule has 0 radical (unpaired) electrons. The van der Waals surface area contributed by atoms with Crippen LogP contribution in [0.25, 0.3) is 10.8 Å². The minimum Gasteiger partial charge on any atom is -0.423 e. The van der Waals surface area contributed by atoms with Gasteiger partial charge in [-0.05, 0) is 104 Å². The van der Waals surface area contributed by atoms with Crippen molar-refractivity contribution in [3.8, 4) is 17.6 Å². The van der Waals surface area contributed by atoms with Crippen LogP contribution >= 0.6 is 0 Å². The van der Waals surface area contributed by atoms with Crippen LogP contribution in [0.3, 0.4) is 0 Å². The molecular weight excluding hydrogens is 418 g/mol. The van der Waals surface area contributed by atoms with E-state index in [0.29, 0.717) is 22.3 Å². The summed E-state index contributed by atoms with van der Waals surface area (Å²) in [6, 6.07) is 13.9. The van der Waals surface area contributed by atoms with Crippen LogP contribution in [0.2, 0.25) is 0 Å². The molecule has 0 bridgehead atoms. The second-order valence-electron chi connectivity index (χ2n) is 8.60. The third-order valence-corrected chi connectivity index (χ3v) is 6.23. The summed E-state index contributed by atoms with van der Waals surface area (Å²) < 4.78 is 32.3. The largest absolute Gasteiger partial charge is 0.423 e. The van der Waals surface area contributed by atoms with Crippen LogP contribution in [0, 0.1) is 35.3 Å². The summed E-state index contributed by atoms with van der Waals surface area (Å²) in [6.45, 7) is 3.80. The Morgan fingerprint density at radius 1 is 0.970 bits per heavy atom. The number of carbonyl (C=O) groups excluding carboxylic acids is 1. The van der Waals surface area contributed by atoms with E-state index in [1.165, 1.54) is 25.3 Å². The molecule has 3 aromatic carbocycles. The van der Waals surface area contributed by atoms with Crippen LogP contribution in [0.5, 0.6) is 5.75 Å². The van der Waals surface area contributed by atoms with Gasteiger partial charge in [-0.15, -0.1) is 6.58 Å². The van der Waals surface area contributed by atoms with E-state index >= 15 is 0 Å². The van der Waals surface area contributed by atoms with Gasteiger partial charge in [-0.1, -0.05) is 24.0 Å². The van der Waals surface area contributed by atoms with E-state index in [0.717, 1.165) is 42.9 Å². The van der Waals surface area contributed by atoms with Crippen molar-refractivity contribution in [1.29, 1.82) is 0 Å². The maximum atomic E-state index is 13.5. The smallest absolute Gasteiger partial charge is 0.343 e. The zero-order chi connectivity index (χ0) is 23.2. The average molecular weight is 445 g/mol. The molecule has 0 amide bonds. The molecule has 0 saturated heterocycles. The molecule has 4 heteroatoms. The fraction of sp³-hybridized carbons (Fsp3) is 0.276. The fourth-order valence-electron chi connectivity index (χ4n) is 4.27. The van der Waals surface area contributed by atoms with Gasteiger partial charge < -0.3 is 4.74 Å². The lowest BCUT2D eigenvalue weighted by Gasteiger charge is -2.25. The lowest BCUT2D eigenvalue weighted by molar-refractivity contribution is 0.0735. The summed E-state index contributed by atoms with van der Waals surface area (Å²) in [4.78, 5) is 12.5. The van der Waals surface area contributed by atoms with Gasteiger partial charge in [0.05, 0.1) is 5.56 Å². The molecule has 33 heavy (non-hydrogen) atoms. The third-order valence-electron chi connectivity index (χ3n) is 6.23. The molecule has 0 aliphatic heterocycles. The Bertz CT molecular complexity index is 1210. The van der Waals surface area contributed by atoms with Crippen LogP contribution in [0.4, 0.5) is 8.78 Å². The second-order valence-corrected chi connectivity index (χ2v) is 8.60. The number of fused-ring (bicyclic) bond motifs is 1. The quantitative estimate of drug-likeness (QED) is 0.177. The van der Waals surface area contributed by atoms with Crippen molar-refractivity contribution in [2.24, 2.45) is 11.8 Å². The van der Waals surface area contributed by atoms with Crippen LogP contribution in [-0.4, -0.2) is 5.97 Å². The van der Waals surface area contributed by atoms with E-state index in [1.54, 1.807) is 24.3 Å². The number of hydrogen-bond donors (Lipinski definition) is 0. The summed E-state index contributed by atoms with van der Waals surface area (Å²) in [5, 5.41) is 0.987. The highest BCUT2D eigenvalue weighted by Gasteiger charge is 2.19. The number of rotatable bonds is 5. The standard InChI is InChI=1S/C29H26F2O2/c1-2-3-4-20-5-7-21(8-6-20)9-10-22-11-13-23(14-12-22)29(32)33-26-16-15-24-18-27(30)28(31)19-25(24)17-26/h2,11-21H,1,3-8H2. The Morgan fingerprint density at radius 2 is 1.67 bits per heavy atom. The van der Waals surface area contributed by atoms with Gasteiger partial charge in [-0.2, -0.15) is 0 Å². The molecule has 1 aliphatic rings. The second kappa shape index (κ2) is 10.4. The van der Waals surface area contributed by atoms with E-state index < -0.39 is 17.6 Å². The third kappa shape index (κ3) is 5.87. The Labute approximate surface area is 193 Å². The minimum absolute atomic E-state index is 0.270. The highest BCUT2D eigenvalue weighted by molar-refractivity contribution is 5.92. The molecule has 1 saturated carbocycles. The van der Waals surface area contributed by atoms with Gasteiger partial charge in [-0.25, -0.2) is 13.6 Å². The molecule has 0 aromatic heterocycles. The minimum atomic E-state index is -0.941. The summed E-state index contributed by atoms with van der Waals surface area (Å²) in [5.41, 5.74) is 1.26. The van der Waals surface area contributed by atoms with Gasteiger partial charge >= 0.3 is 5.97 Å². The molecule has 0 atom stereocenters. The molecule has 0 spiro atoms. The molecule has 0 heterocycles. The zero-order valence-corrected chi connectivity index (χ0v) is 18.5. The maximum absolute atomic E-state index is 13.5. The van der Waals surface area contributed by atoms with Crippen LogP contribution < -0.4 is 4.74 Å². The SMILES string of the molecule is C=CCCC1CCC(C#Cc2ccc(C(=O)Oc3ccc4cc(F)c(F)cc4c3)cc2)CC1. The van der Waals surface area contributed by atoms with Gasteiger partial charge in [0, 0.05) is 11.5 Å². The molecule has 0 N–H and O–H groups in total. The lowest BCUT2D eigenvalue weighted by Crippen LogP contribution is -2.13. The Morgan fingerprint density at radius 3 is 2.36 bits per heavy atom. The molecule has 2 nitrogen and oxygen atoms in total. The molecule has 3 aromatic rings. The van der Waals surface area contributed by atoms with Crippen molar-refractivity contribution in [3.63, 3.8) is 0 Å². The molecule has 168 valence electrons. The highest BCUT2D eigenvalue weighted by Crippen LogP contribution is 2.31. The molecule has 1 aliphatic carbocycles. The fourth-order valence-corrected chi connectivity index (χ4v) is 4.27. The van der Waals surface area contributed by atoms with E-state index in [-0.39, 0.29) is 5.75 Å². The van der Waals surface area contributed by atoms with E-state index in [4.69, 9.17) is 4.74 Å². The van der Waals surface area contributed by atoms with Gasteiger partial charge in [0.15, 0.2) is 11.6 Å². The van der Waals surface area contributed by atoms with Gasteiger partial charge in [-0.3, -0.25) is 0 Å². The number of allylic oxidation sites excluding steroid dienone is 1. The molecular formula is C29H26F2O2. The first-order valence-corrected chi connectivity index (χ1v) is 11.4. The number of benzene rings is 3. The van der Waals surface area contributed by atoms with Crippen molar-refractivity contribution >= 4 is 16.7 Å². The number of esters is 1. The van der Waals surface area contributed by atoms with Crippen molar-refractivity contribution in [2.45, 2.75) is 38.5 Å². The Kier molecular flexibility index (Phi) is 7.19. The predicted molar refractivity (Wildman–Crippen MR) is 127 cm³/mol. The summed E-state index contributed by atoms with van der Waals surface area (Å²) in [5.74, 6) is 5.75. The molecule has 4 rings (SSSR count). The number of carbonyl (C=O) groups is 1. The van der Waals surface area contributed by atoms with Gasteiger partial charge in [0.2, 0.25) is 0 Å². The maximum Gasteiger partial charge on any atom is 0.343 e. The monoisotopic (exact) mass is 444 g/mol. The van der Waals surface area contributed by atoms with Crippen LogP contribution in [0.1, 0.15) is 54.4 Å². The number of hydrogen-bond acceptors (Lipinski definition) is 2. The first-order valence-electron chi connectivity index (χ1n) is 11.4. The van der Waals surface area contributed by atoms with Crippen molar-refractivity contribution in [2.75, 3.05) is 0 Å². The van der Waals surface area contributed by atoms with Crippen molar-refractivity contribution in [1.82, 2.24) is 0 Å². The van der Waals surface area contributed by atoms with Gasteiger partial charge in [0.25, 0.3) is 0 Å². The number of halogens is 2. The van der Waals surface area contributed by atoms with E-state index in [1.807, 2.05) is 18.2 Å². The predicted octanol–water partition coefficient (Wildman–Crippen LogP) is 7.46. The van der Waals surface area contributed by atoms with Crippen molar-refractivity contribution in [3.05, 3.63) is 90.0 Å². The Hall–Kier alpha value is -3.45. The molecule has 0 unspecified atom stereocenters. The molecule has 1 fully saturated rings. The first-order chi connectivity index (χ1) is 16.0. The summed E-state index contributed by atoms with van der Waals surface area (Å²) >= 11 is 0. The normalized spacial score (nSPS) is 17.8. The van der Waals surface area contributed by atoms with Crippen molar-refractivity contribution < 1.29 is 18.3 Å². The first kappa shape index (κ1) is 22.7. The van der Waals surface area contributed by atoms with E-state index in [9.17, 15) is 13.6 Å². The topological polar surface area (TPSA) is 26.3 Å². The summed E-state index contributed by atoms with van der Waals surface area (Å²) in [6.07, 6.45) is 9.06. The van der Waals surface area contributed by atoms with Crippen LogP contribution in [-0.2, 0) is 0 Å². The number of ether oxygens (including phenoxy) is 1.